The normalized spacial score (nSPS) is 11.6. The highest BCUT2D eigenvalue weighted by Gasteiger charge is 2.31. The molecule has 0 radical (unpaired) electrons. The smallest absolute Gasteiger partial charge is 0.416 e. The largest absolute Gasteiger partial charge is 0.493 e. The van der Waals surface area contributed by atoms with Crippen molar-refractivity contribution in [3.05, 3.63) is 59.7 Å². The van der Waals surface area contributed by atoms with Crippen LogP contribution in [0.5, 0.6) is 23.0 Å². The van der Waals surface area contributed by atoms with E-state index >= 15 is 0 Å². The third-order valence-electron chi connectivity index (χ3n) is 5.44. The molecule has 0 aliphatic heterocycles. The molecule has 4 aromatic rings. The molecule has 33 heavy (non-hydrogen) atoms. The zero-order valence-corrected chi connectivity index (χ0v) is 18.2. The van der Waals surface area contributed by atoms with Crippen LogP contribution < -0.4 is 18.9 Å². The summed E-state index contributed by atoms with van der Waals surface area (Å²) in [5.41, 5.74) is 0.111. The fourth-order valence-corrected chi connectivity index (χ4v) is 3.88. The Morgan fingerprint density at radius 1 is 0.758 bits per heavy atom. The highest BCUT2D eigenvalue weighted by atomic mass is 19.4. The molecule has 0 bridgehead atoms. The van der Waals surface area contributed by atoms with E-state index < -0.39 is 17.6 Å². The molecule has 0 N–H and O–H groups in total. The lowest BCUT2D eigenvalue weighted by molar-refractivity contribution is -0.137. The number of hydrogen-bond donors (Lipinski definition) is 0. The Bertz CT molecular complexity index is 1360. The highest BCUT2D eigenvalue weighted by molar-refractivity contribution is 6.18. The summed E-state index contributed by atoms with van der Waals surface area (Å²) in [6.45, 7) is 0. The average molecular weight is 459 g/mol. The van der Waals surface area contributed by atoms with E-state index in [-0.39, 0.29) is 5.56 Å². The molecule has 0 amide bonds. The van der Waals surface area contributed by atoms with Crippen molar-refractivity contribution >= 4 is 27.7 Å². The van der Waals surface area contributed by atoms with Gasteiger partial charge in [0.15, 0.2) is 23.0 Å². The molecule has 0 unspecified atom stereocenters. The molecule has 4 rings (SSSR count). The minimum absolute atomic E-state index is 0.0708. The van der Waals surface area contributed by atoms with E-state index in [1.807, 2.05) is 0 Å². The zero-order valence-electron chi connectivity index (χ0n) is 18.2. The van der Waals surface area contributed by atoms with Gasteiger partial charge in [-0.3, -0.25) is 9.36 Å². The van der Waals surface area contributed by atoms with Crippen LogP contribution in [-0.4, -0.2) is 38.9 Å². The number of benzene rings is 3. The van der Waals surface area contributed by atoms with Gasteiger partial charge in [0.2, 0.25) is 0 Å². The van der Waals surface area contributed by atoms with Crippen LogP contribution in [0.4, 0.5) is 13.2 Å². The molecular formula is C24H20F3NO5. The van der Waals surface area contributed by atoms with Crippen molar-refractivity contribution in [2.75, 3.05) is 28.4 Å². The quantitative estimate of drug-likeness (QED) is 0.393. The number of halogens is 3. The molecule has 0 saturated carbocycles. The topological polar surface area (TPSA) is 58.9 Å². The SMILES string of the molecule is COc1cc2c3ccc(OC)c(OC)c3n(C(=O)c3ccc(C(F)(F)F)cc3)c2cc1OC. The Hall–Kier alpha value is -3.88. The van der Waals surface area contributed by atoms with Gasteiger partial charge in [-0.05, 0) is 42.5 Å². The molecular weight excluding hydrogens is 439 g/mol. The molecule has 6 nitrogen and oxygen atoms in total. The Balaban J connectivity index is 2.06. The second kappa shape index (κ2) is 8.23. The van der Waals surface area contributed by atoms with Gasteiger partial charge in [0.05, 0.1) is 39.5 Å². The van der Waals surface area contributed by atoms with E-state index in [1.165, 1.54) is 33.0 Å². The van der Waals surface area contributed by atoms with Crippen molar-refractivity contribution in [3.63, 3.8) is 0 Å². The predicted octanol–water partition coefficient (Wildman–Crippen LogP) is 5.54. The zero-order chi connectivity index (χ0) is 23.9. The lowest BCUT2D eigenvalue weighted by Crippen LogP contribution is -2.13. The van der Waals surface area contributed by atoms with Gasteiger partial charge >= 0.3 is 6.18 Å². The first-order valence-electron chi connectivity index (χ1n) is 9.78. The third kappa shape index (κ3) is 3.59. The second-order valence-electron chi connectivity index (χ2n) is 7.14. The Kier molecular flexibility index (Phi) is 5.57. The van der Waals surface area contributed by atoms with Crippen LogP contribution in [-0.2, 0) is 6.18 Å². The molecule has 0 aliphatic carbocycles. The van der Waals surface area contributed by atoms with Crippen molar-refractivity contribution in [2.24, 2.45) is 0 Å². The molecule has 1 heterocycles. The minimum Gasteiger partial charge on any atom is -0.493 e. The molecule has 0 atom stereocenters. The number of aromatic nitrogens is 1. The van der Waals surface area contributed by atoms with E-state index in [0.29, 0.717) is 44.8 Å². The van der Waals surface area contributed by atoms with Crippen LogP contribution in [0.1, 0.15) is 15.9 Å². The predicted molar refractivity (Wildman–Crippen MR) is 117 cm³/mol. The number of nitrogens with zero attached hydrogens (tertiary/aromatic N) is 1. The number of fused-ring (bicyclic) bond motifs is 3. The third-order valence-corrected chi connectivity index (χ3v) is 5.44. The van der Waals surface area contributed by atoms with Crippen LogP contribution in [0.25, 0.3) is 21.8 Å². The Morgan fingerprint density at radius 2 is 1.36 bits per heavy atom. The summed E-state index contributed by atoms with van der Waals surface area (Å²) in [6, 6.07) is 10.9. The monoisotopic (exact) mass is 459 g/mol. The van der Waals surface area contributed by atoms with Crippen LogP contribution in [0.15, 0.2) is 48.5 Å². The van der Waals surface area contributed by atoms with Crippen molar-refractivity contribution in [1.82, 2.24) is 4.57 Å². The number of carbonyl (C=O) groups excluding carboxylic acids is 1. The standard InChI is InChI=1S/C24H20F3NO5/c1-30-18-10-9-15-16-11-19(31-2)20(32-3)12-17(16)28(21(15)22(18)33-4)23(29)13-5-7-14(8-6-13)24(25,26)27/h5-12H,1-4H3. The minimum atomic E-state index is -4.51. The molecule has 0 fully saturated rings. The van der Waals surface area contributed by atoms with Crippen LogP contribution in [0.2, 0.25) is 0 Å². The van der Waals surface area contributed by atoms with Gasteiger partial charge in [0, 0.05) is 22.4 Å². The molecule has 1 aromatic heterocycles. The number of methoxy groups -OCH3 is 4. The van der Waals surface area contributed by atoms with Gasteiger partial charge in [-0.25, -0.2) is 0 Å². The average Bonchev–Trinajstić information content (AvgIpc) is 3.14. The van der Waals surface area contributed by atoms with Crippen LogP contribution in [0, 0.1) is 0 Å². The maximum Gasteiger partial charge on any atom is 0.416 e. The first kappa shape index (κ1) is 22.3. The number of rotatable bonds is 5. The van der Waals surface area contributed by atoms with Crippen molar-refractivity contribution in [3.8, 4) is 23.0 Å². The summed E-state index contributed by atoms with van der Waals surface area (Å²) < 4.78 is 62.2. The van der Waals surface area contributed by atoms with Gasteiger partial charge < -0.3 is 18.9 Å². The number of carbonyl (C=O) groups is 1. The lowest BCUT2D eigenvalue weighted by Gasteiger charge is -2.13. The fraction of sp³-hybridized carbons (Fsp3) is 0.208. The maximum absolute atomic E-state index is 13.6. The van der Waals surface area contributed by atoms with Gasteiger partial charge in [0.1, 0.15) is 5.52 Å². The van der Waals surface area contributed by atoms with Crippen molar-refractivity contribution in [1.29, 1.82) is 0 Å². The molecule has 0 saturated heterocycles. The van der Waals surface area contributed by atoms with E-state index in [2.05, 4.69) is 0 Å². The molecule has 0 aliphatic rings. The summed E-state index contributed by atoms with van der Waals surface area (Å²) in [4.78, 5) is 13.6. The van der Waals surface area contributed by atoms with E-state index in [9.17, 15) is 18.0 Å². The van der Waals surface area contributed by atoms with E-state index in [0.717, 1.165) is 24.3 Å². The molecule has 172 valence electrons. The summed E-state index contributed by atoms with van der Waals surface area (Å²) in [5.74, 6) is 1.01. The van der Waals surface area contributed by atoms with Gasteiger partial charge in [-0.1, -0.05) is 0 Å². The summed E-state index contributed by atoms with van der Waals surface area (Å²) in [7, 11) is 5.89. The molecule has 9 heteroatoms. The number of alkyl halides is 3. The van der Waals surface area contributed by atoms with Crippen molar-refractivity contribution < 1.29 is 36.9 Å². The highest BCUT2D eigenvalue weighted by Crippen LogP contribution is 2.44. The first-order chi connectivity index (χ1) is 15.7. The van der Waals surface area contributed by atoms with E-state index in [4.69, 9.17) is 18.9 Å². The van der Waals surface area contributed by atoms with Crippen LogP contribution in [0.3, 0.4) is 0 Å². The lowest BCUT2D eigenvalue weighted by atomic mass is 10.1. The van der Waals surface area contributed by atoms with Gasteiger partial charge in [0.25, 0.3) is 5.91 Å². The summed E-state index contributed by atoms with van der Waals surface area (Å²) in [6.07, 6.45) is -4.51. The van der Waals surface area contributed by atoms with Crippen molar-refractivity contribution in [2.45, 2.75) is 6.18 Å². The fourth-order valence-electron chi connectivity index (χ4n) is 3.88. The number of hydrogen-bond acceptors (Lipinski definition) is 5. The van der Waals surface area contributed by atoms with Gasteiger partial charge in [-0.2, -0.15) is 13.2 Å². The summed E-state index contributed by atoms with van der Waals surface area (Å²) in [5, 5.41) is 1.34. The second-order valence-corrected chi connectivity index (χ2v) is 7.14. The van der Waals surface area contributed by atoms with E-state index in [1.54, 1.807) is 24.3 Å². The van der Waals surface area contributed by atoms with Crippen LogP contribution >= 0.6 is 0 Å². The molecule has 3 aromatic carbocycles. The number of ether oxygens (including phenoxy) is 4. The first-order valence-corrected chi connectivity index (χ1v) is 9.78. The molecule has 0 spiro atoms. The Labute approximate surface area is 187 Å². The maximum atomic E-state index is 13.6. The van der Waals surface area contributed by atoms with Gasteiger partial charge in [-0.15, -0.1) is 0 Å². The summed E-state index contributed by atoms with van der Waals surface area (Å²) >= 11 is 0. The Morgan fingerprint density at radius 3 is 1.91 bits per heavy atom.